The summed E-state index contributed by atoms with van der Waals surface area (Å²) in [6.45, 7) is 4.46. The first kappa shape index (κ1) is 21.2. The van der Waals surface area contributed by atoms with Gasteiger partial charge in [-0.15, -0.1) is 0 Å². The van der Waals surface area contributed by atoms with Crippen LogP contribution >= 0.6 is 11.6 Å². The van der Waals surface area contributed by atoms with E-state index in [0.29, 0.717) is 37.3 Å². The number of fused-ring (bicyclic) bond motifs is 1. The average Bonchev–Trinajstić information content (AvgIpc) is 2.66. The molecule has 1 aliphatic heterocycles. The maximum Gasteiger partial charge on any atom is 0.224 e. The molecule has 2 amide bonds. The van der Waals surface area contributed by atoms with Crippen molar-refractivity contribution in [3.63, 3.8) is 0 Å². The van der Waals surface area contributed by atoms with Crippen molar-refractivity contribution < 1.29 is 14.3 Å². The standard InChI is InChI=1S/C23H27ClN2O3/c1-23(2,15-17-6-3-4-7-19(17)24)26-22(28)8-5-13-29-18-10-11-20-16(14-18)9-12-21(27)25-20/h3-4,6-7,10-11,14H,5,8-9,12-13,15H2,1-2H3,(H,25,27)(H,26,28). The SMILES string of the molecule is CC(C)(Cc1ccccc1Cl)NC(=O)CCCOc1ccc2c(c1)CCC(=O)N2. The van der Waals surface area contributed by atoms with E-state index in [1.54, 1.807) is 0 Å². The van der Waals surface area contributed by atoms with Crippen LogP contribution < -0.4 is 15.4 Å². The molecule has 2 aromatic rings. The molecule has 1 heterocycles. The lowest BCUT2D eigenvalue weighted by Gasteiger charge is -2.27. The van der Waals surface area contributed by atoms with E-state index >= 15 is 0 Å². The second-order valence-corrected chi connectivity index (χ2v) is 8.43. The fourth-order valence-electron chi connectivity index (χ4n) is 3.47. The van der Waals surface area contributed by atoms with Crippen molar-refractivity contribution in [2.75, 3.05) is 11.9 Å². The predicted molar refractivity (Wildman–Crippen MR) is 115 cm³/mol. The van der Waals surface area contributed by atoms with Gasteiger partial charge in [0, 0.05) is 29.1 Å². The van der Waals surface area contributed by atoms with Crippen molar-refractivity contribution in [1.82, 2.24) is 5.32 Å². The van der Waals surface area contributed by atoms with Gasteiger partial charge in [-0.05, 0) is 68.5 Å². The first-order chi connectivity index (χ1) is 13.8. The Bertz CT molecular complexity index is 895. The first-order valence-corrected chi connectivity index (χ1v) is 10.3. The van der Waals surface area contributed by atoms with Crippen LogP contribution in [0.15, 0.2) is 42.5 Å². The van der Waals surface area contributed by atoms with E-state index in [2.05, 4.69) is 10.6 Å². The van der Waals surface area contributed by atoms with Crippen LogP contribution in [-0.4, -0.2) is 24.0 Å². The van der Waals surface area contributed by atoms with Crippen molar-refractivity contribution in [3.8, 4) is 5.75 Å². The first-order valence-electron chi connectivity index (χ1n) is 9.92. The quantitative estimate of drug-likeness (QED) is 0.624. The Labute approximate surface area is 176 Å². The van der Waals surface area contributed by atoms with Crippen LogP contribution in [0, 0.1) is 0 Å². The van der Waals surface area contributed by atoms with Gasteiger partial charge in [0.05, 0.1) is 6.61 Å². The van der Waals surface area contributed by atoms with E-state index in [1.807, 2.05) is 56.3 Å². The van der Waals surface area contributed by atoms with Crippen molar-refractivity contribution >= 4 is 29.1 Å². The van der Waals surface area contributed by atoms with E-state index in [9.17, 15) is 9.59 Å². The number of hydrogen-bond acceptors (Lipinski definition) is 3. The molecule has 0 atom stereocenters. The summed E-state index contributed by atoms with van der Waals surface area (Å²) in [5.41, 5.74) is 2.58. The lowest BCUT2D eigenvalue weighted by atomic mass is 9.94. The summed E-state index contributed by atoms with van der Waals surface area (Å²) in [6, 6.07) is 13.4. The highest BCUT2D eigenvalue weighted by Crippen LogP contribution is 2.27. The topological polar surface area (TPSA) is 67.4 Å². The van der Waals surface area contributed by atoms with Crippen LogP contribution in [-0.2, 0) is 22.4 Å². The smallest absolute Gasteiger partial charge is 0.224 e. The molecule has 154 valence electrons. The summed E-state index contributed by atoms with van der Waals surface area (Å²) in [5.74, 6) is 0.813. The number of benzene rings is 2. The minimum atomic E-state index is -0.383. The second-order valence-electron chi connectivity index (χ2n) is 8.02. The zero-order valence-electron chi connectivity index (χ0n) is 16.9. The number of hydrogen-bond donors (Lipinski definition) is 2. The lowest BCUT2D eigenvalue weighted by molar-refractivity contribution is -0.123. The Morgan fingerprint density at radius 2 is 2.00 bits per heavy atom. The molecule has 5 nitrogen and oxygen atoms in total. The number of aryl methyl sites for hydroxylation is 1. The van der Waals surface area contributed by atoms with Crippen LogP contribution in [0.3, 0.4) is 0 Å². The van der Waals surface area contributed by atoms with Gasteiger partial charge in [0.1, 0.15) is 5.75 Å². The van der Waals surface area contributed by atoms with Gasteiger partial charge < -0.3 is 15.4 Å². The van der Waals surface area contributed by atoms with Gasteiger partial charge in [0.15, 0.2) is 0 Å². The zero-order chi connectivity index (χ0) is 20.9. The van der Waals surface area contributed by atoms with Crippen LogP contribution in [0.2, 0.25) is 5.02 Å². The number of halogens is 1. The summed E-state index contributed by atoms with van der Waals surface area (Å²) in [4.78, 5) is 23.7. The normalized spacial score (nSPS) is 13.4. The molecule has 2 N–H and O–H groups in total. The minimum Gasteiger partial charge on any atom is -0.494 e. The van der Waals surface area contributed by atoms with E-state index in [0.717, 1.165) is 29.0 Å². The van der Waals surface area contributed by atoms with Crippen molar-refractivity contribution in [2.24, 2.45) is 0 Å². The molecule has 0 radical (unpaired) electrons. The number of nitrogens with one attached hydrogen (secondary N) is 2. The molecule has 0 aromatic heterocycles. The van der Waals surface area contributed by atoms with E-state index in [4.69, 9.17) is 16.3 Å². The van der Waals surface area contributed by atoms with Gasteiger partial charge in [-0.1, -0.05) is 29.8 Å². The zero-order valence-corrected chi connectivity index (χ0v) is 17.6. The van der Waals surface area contributed by atoms with Crippen LogP contribution in [0.1, 0.15) is 44.2 Å². The van der Waals surface area contributed by atoms with E-state index < -0.39 is 0 Å². The van der Waals surface area contributed by atoms with Crippen molar-refractivity contribution in [2.45, 2.75) is 51.5 Å². The third-order valence-corrected chi connectivity index (χ3v) is 5.23. The number of carbonyl (C=O) groups is 2. The predicted octanol–water partition coefficient (Wildman–Crippen LogP) is 4.52. The Balaban J connectivity index is 1.42. The molecule has 6 heteroatoms. The highest BCUT2D eigenvalue weighted by atomic mass is 35.5. The lowest BCUT2D eigenvalue weighted by Crippen LogP contribution is -2.45. The molecule has 2 aromatic carbocycles. The molecule has 0 saturated heterocycles. The number of rotatable bonds is 8. The Kier molecular flexibility index (Phi) is 6.80. The molecule has 0 aliphatic carbocycles. The number of carbonyl (C=O) groups excluding carboxylic acids is 2. The second kappa shape index (κ2) is 9.31. The molecule has 1 aliphatic rings. The molecule has 3 rings (SSSR count). The largest absolute Gasteiger partial charge is 0.494 e. The fraction of sp³-hybridized carbons (Fsp3) is 0.391. The number of anilines is 1. The van der Waals surface area contributed by atoms with Crippen LogP contribution in [0.5, 0.6) is 5.75 Å². The Hall–Kier alpha value is -2.53. The molecular formula is C23H27ClN2O3. The summed E-state index contributed by atoms with van der Waals surface area (Å²) in [6.07, 6.45) is 2.91. The van der Waals surface area contributed by atoms with Gasteiger partial charge in [-0.2, -0.15) is 0 Å². The minimum absolute atomic E-state index is 0.00110. The average molecular weight is 415 g/mol. The van der Waals surface area contributed by atoms with Gasteiger partial charge >= 0.3 is 0 Å². The van der Waals surface area contributed by atoms with Crippen LogP contribution in [0.25, 0.3) is 0 Å². The summed E-state index contributed by atoms with van der Waals surface area (Å²) < 4.78 is 5.78. The maximum atomic E-state index is 12.3. The molecule has 0 bridgehead atoms. The molecule has 0 fully saturated rings. The monoisotopic (exact) mass is 414 g/mol. The third kappa shape index (κ3) is 6.23. The summed E-state index contributed by atoms with van der Waals surface area (Å²) in [7, 11) is 0. The molecule has 29 heavy (non-hydrogen) atoms. The van der Waals surface area contributed by atoms with Gasteiger partial charge in [0.2, 0.25) is 11.8 Å². The highest BCUT2D eigenvalue weighted by molar-refractivity contribution is 6.31. The molecule has 0 saturated carbocycles. The highest BCUT2D eigenvalue weighted by Gasteiger charge is 2.22. The van der Waals surface area contributed by atoms with E-state index in [-0.39, 0.29) is 17.4 Å². The van der Waals surface area contributed by atoms with Gasteiger partial charge in [-0.3, -0.25) is 9.59 Å². The number of ether oxygens (including phenoxy) is 1. The van der Waals surface area contributed by atoms with Crippen molar-refractivity contribution in [3.05, 3.63) is 58.6 Å². The fourth-order valence-corrected chi connectivity index (χ4v) is 3.68. The maximum absolute atomic E-state index is 12.3. The third-order valence-electron chi connectivity index (χ3n) is 4.86. The Morgan fingerprint density at radius 3 is 2.79 bits per heavy atom. The summed E-state index contributed by atoms with van der Waals surface area (Å²) >= 11 is 6.23. The Morgan fingerprint density at radius 1 is 1.21 bits per heavy atom. The molecular weight excluding hydrogens is 388 g/mol. The van der Waals surface area contributed by atoms with Crippen molar-refractivity contribution in [1.29, 1.82) is 0 Å². The number of amides is 2. The molecule has 0 spiro atoms. The molecule has 0 unspecified atom stereocenters. The van der Waals surface area contributed by atoms with Crippen LogP contribution in [0.4, 0.5) is 5.69 Å². The summed E-state index contributed by atoms with van der Waals surface area (Å²) in [5, 5.41) is 6.65. The van der Waals surface area contributed by atoms with Gasteiger partial charge in [-0.25, -0.2) is 0 Å². The van der Waals surface area contributed by atoms with E-state index in [1.165, 1.54) is 0 Å². The van der Waals surface area contributed by atoms with Gasteiger partial charge in [0.25, 0.3) is 0 Å².